The topological polar surface area (TPSA) is 57.6 Å². The molecule has 0 saturated carbocycles. The van der Waals surface area contributed by atoms with E-state index in [2.05, 4.69) is 6.58 Å². The van der Waals surface area contributed by atoms with Gasteiger partial charge >= 0.3 is 0 Å². The van der Waals surface area contributed by atoms with Crippen LogP contribution in [0, 0.1) is 0 Å². The molecule has 4 nitrogen and oxygen atoms in total. The van der Waals surface area contributed by atoms with E-state index in [9.17, 15) is 14.7 Å². The highest BCUT2D eigenvalue weighted by atomic mass is 35.5. The number of halogens is 1. The summed E-state index contributed by atoms with van der Waals surface area (Å²) in [7, 11) is 1.49. The fraction of sp³-hybridized carbons (Fsp3) is 0.167. The van der Waals surface area contributed by atoms with Gasteiger partial charge in [0.1, 0.15) is 6.29 Å². The summed E-state index contributed by atoms with van der Waals surface area (Å²) in [4.78, 5) is 24.0. The van der Waals surface area contributed by atoms with Crippen molar-refractivity contribution in [3.63, 3.8) is 0 Å². The molecular weight excluding hydrogens is 242 g/mol. The number of aldehydes is 1. The van der Waals surface area contributed by atoms with Crippen molar-refractivity contribution >= 4 is 29.5 Å². The molecule has 0 spiro atoms. The van der Waals surface area contributed by atoms with Crippen molar-refractivity contribution in [2.45, 2.75) is 5.60 Å². The number of amides is 1. The molecule has 5 heteroatoms. The molecule has 0 aliphatic carbocycles. The molecule has 1 aliphatic heterocycles. The summed E-state index contributed by atoms with van der Waals surface area (Å²) in [5.74, 6) is -0.627. The highest BCUT2D eigenvalue weighted by molar-refractivity contribution is 6.35. The van der Waals surface area contributed by atoms with Gasteiger partial charge in [0.25, 0.3) is 5.91 Å². The van der Waals surface area contributed by atoms with Crippen molar-refractivity contribution in [1.29, 1.82) is 0 Å². The zero-order valence-corrected chi connectivity index (χ0v) is 9.86. The minimum absolute atomic E-state index is 0.199. The second kappa shape index (κ2) is 3.68. The molecule has 88 valence electrons. The van der Waals surface area contributed by atoms with Crippen LogP contribution in [0.1, 0.15) is 5.56 Å². The monoisotopic (exact) mass is 251 g/mol. The molecule has 0 saturated heterocycles. The number of hydrogen-bond acceptors (Lipinski definition) is 3. The quantitative estimate of drug-likeness (QED) is 0.636. The van der Waals surface area contributed by atoms with Gasteiger partial charge in [0.15, 0.2) is 5.60 Å². The summed E-state index contributed by atoms with van der Waals surface area (Å²) in [5.41, 5.74) is -1.51. The van der Waals surface area contributed by atoms with Gasteiger partial charge < -0.3 is 10.0 Å². The van der Waals surface area contributed by atoms with E-state index in [1.54, 1.807) is 18.2 Å². The average molecular weight is 252 g/mol. The van der Waals surface area contributed by atoms with Gasteiger partial charge in [-0.2, -0.15) is 0 Å². The third-order valence-corrected chi connectivity index (χ3v) is 3.24. The molecule has 2 rings (SSSR count). The van der Waals surface area contributed by atoms with Crippen LogP contribution < -0.4 is 4.90 Å². The number of para-hydroxylation sites is 1. The van der Waals surface area contributed by atoms with Gasteiger partial charge in [0.2, 0.25) is 0 Å². The van der Waals surface area contributed by atoms with Gasteiger partial charge in [-0.15, -0.1) is 0 Å². The molecular formula is C12H10ClNO3. The van der Waals surface area contributed by atoms with Gasteiger partial charge in [-0.1, -0.05) is 30.3 Å². The predicted molar refractivity (Wildman–Crippen MR) is 64.0 cm³/mol. The lowest BCUT2D eigenvalue weighted by Crippen LogP contribution is -2.40. The Balaban J connectivity index is 2.76. The Morgan fingerprint density at radius 2 is 2.24 bits per heavy atom. The summed E-state index contributed by atoms with van der Waals surface area (Å²) in [6.45, 7) is 3.43. The van der Waals surface area contributed by atoms with E-state index in [0.29, 0.717) is 17.0 Å². The van der Waals surface area contributed by atoms with E-state index in [1.807, 2.05) is 0 Å². The number of carbonyl (C=O) groups excluding carboxylic acids is 2. The highest BCUT2D eigenvalue weighted by Crippen LogP contribution is 2.46. The largest absolute Gasteiger partial charge is 0.372 e. The number of nitrogens with zero attached hydrogens (tertiary/aromatic N) is 1. The van der Waals surface area contributed by atoms with Gasteiger partial charge in [0.05, 0.1) is 10.7 Å². The Kier molecular flexibility index (Phi) is 2.56. The molecule has 1 amide bonds. The van der Waals surface area contributed by atoms with E-state index in [4.69, 9.17) is 11.6 Å². The first-order valence-corrected chi connectivity index (χ1v) is 5.26. The van der Waals surface area contributed by atoms with Crippen LogP contribution in [0.2, 0.25) is 5.02 Å². The van der Waals surface area contributed by atoms with Crippen LogP contribution in [0.3, 0.4) is 0 Å². The van der Waals surface area contributed by atoms with Gasteiger partial charge in [-0.05, 0) is 6.07 Å². The number of benzene rings is 1. The van der Waals surface area contributed by atoms with Crippen LogP contribution >= 0.6 is 11.6 Å². The molecule has 1 atom stereocenters. The van der Waals surface area contributed by atoms with Crippen molar-refractivity contribution < 1.29 is 14.7 Å². The third-order valence-electron chi connectivity index (χ3n) is 2.93. The summed E-state index contributed by atoms with van der Waals surface area (Å²) < 4.78 is 0. The summed E-state index contributed by atoms with van der Waals surface area (Å²) >= 11 is 5.98. The van der Waals surface area contributed by atoms with Gasteiger partial charge in [-0.25, -0.2) is 0 Å². The molecule has 1 N–H and O–H groups in total. The number of hydrogen-bond donors (Lipinski definition) is 1. The zero-order valence-electron chi connectivity index (χ0n) is 9.11. The van der Waals surface area contributed by atoms with Crippen molar-refractivity contribution in [2.75, 3.05) is 11.9 Å². The first-order chi connectivity index (χ1) is 7.94. The summed E-state index contributed by atoms with van der Waals surface area (Å²) in [6.07, 6.45) is 0.377. The SMILES string of the molecule is C=C(C=O)[C@@]1(O)C(=O)N(C)c2c(Cl)cccc21. The highest BCUT2D eigenvalue weighted by Gasteiger charge is 2.51. The van der Waals surface area contributed by atoms with E-state index in [0.717, 1.165) is 0 Å². The maximum atomic E-state index is 12.0. The van der Waals surface area contributed by atoms with Crippen LogP contribution in [-0.2, 0) is 15.2 Å². The number of carbonyl (C=O) groups is 2. The van der Waals surface area contributed by atoms with Crippen LogP contribution in [0.5, 0.6) is 0 Å². The lowest BCUT2D eigenvalue weighted by Gasteiger charge is -2.20. The fourth-order valence-electron chi connectivity index (χ4n) is 2.00. The van der Waals surface area contributed by atoms with Crippen LogP contribution in [-0.4, -0.2) is 24.3 Å². The van der Waals surface area contributed by atoms with E-state index >= 15 is 0 Å². The van der Waals surface area contributed by atoms with Gasteiger partial charge in [-0.3, -0.25) is 9.59 Å². The first kappa shape index (κ1) is 11.8. The second-order valence-electron chi connectivity index (χ2n) is 3.85. The molecule has 1 aromatic carbocycles. The Bertz CT molecular complexity index is 541. The fourth-order valence-corrected chi connectivity index (χ4v) is 2.30. The van der Waals surface area contributed by atoms with Crippen molar-refractivity contribution in [3.8, 4) is 0 Å². The zero-order chi connectivity index (χ0) is 12.8. The summed E-state index contributed by atoms with van der Waals surface area (Å²) in [6, 6.07) is 4.77. The first-order valence-electron chi connectivity index (χ1n) is 4.88. The minimum atomic E-state index is -2.00. The normalized spacial score (nSPS) is 22.5. The van der Waals surface area contributed by atoms with Crippen molar-refractivity contribution in [3.05, 3.63) is 40.9 Å². The van der Waals surface area contributed by atoms with E-state index < -0.39 is 11.5 Å². The Morgan fingerprint density at radius 3 is 2.82 bits per heavy atom. The van der Waals surface area contributed by atoms with E-state index in [-0.39, 0.29) is 11.1 Å². The van der Waals surface area contributed by atoms with E-state index in [1.165, 1.54) is 11.9 Å². The molecule has 0 fully saturated rings. The number of anilines is 1. The number of fused-ring (bicyclic) bond motifs is 1. The number of likely N-dealkylation sites (N-methyl/N-ethyl adjacent to an activating group) is 1. The molecule has 17 heavy (non-hydrogen) atoms. The Morgan fingerprint density at radius 1 is 1.59 bits per heavy atom. The molecule has 1 aliphatic rings. The maximum Gasteiger partial charge on any atom is 0.268 e. The van der Waals surface area contributed by atoms with Crippen LogP contribution in [0.15, 0.2) is 30.4 Å². The van der Waals surface area contributed by atoms with Crippen LogP contribution in [0.4, 0.5) is 5.69 Å². The molecule has 0 radical (unpaired) electrons. The lowest BCUT2D eigenvalue weighted by molar-refractivity contribution is -0.133. The predicted octanol–water partition coefficient (Wildman–Crippen LogP) is 1.26. The second-order valence-corrected chi connectivity index (χ2v) is 4.26. The van der Waals surface area contributed by atoms with Crippen molar-refractivity contribution in [2.24, 2.45) is 0 Å². The molecule has 0 bridgehead atoms. The lowest BCUT2D eigenvalue weighted by atomic mass is 9.89. The molecule has 0 aromatic heterocycles. The van der Waals surface area contributed by atoms with Crippen LogP contribution in [0.25, 0.3) is 0 Å². The third kappa shape index (κ3) is 1.34. The summed E-state index contributed by atoms with van der Waals surface area (Å²) in [5, 5.41) is 10.7. The number of rotatable bonds is 2. The number of aliphatic hydroxyl groups is 1. The Labute approximate surface area is 103 Å². The van der Waals surface area contributed by atoms with Gasteiger partial charge in [0, 0.05) is 18.2 Å². The standard InChI is InChI=1S/C12H10ClNO3/c1-7(6-15)12(17)8-4-3-5-9(13)10(8)14(2)11(12)16/h3-6,17H,1H2,2H3/t12-/m0/s1. The van der Waals surface area contributed by atoms with Crippen molar-refractivity contribution in [1.82, 2.24) is 0 Å². The Hall–Kier alpha value is -1.65. The minimum Gasteiger partial charge on any atom is -0.372 e. The smallest absolute Gasteiger partial charge is 0.268 e. The molecule has 1 heterocycles. The molecule has 1 aromatic rings. The maximum absolute atomic E-state index is 12.0. The average Bonchev–Trinajstić information content (AvgIpc) is 2.53. The molecule has 0 unspecified atom stereocenters.